The van der Waals surface area contributed by atoms with Crippen LogP contribution in [0.3, 0.4) is 0 Å². The number of hydrogen-bond donors (Lipinski definition) is 0. The molecule has 0 bridgehead atoms. The number of aromatic nitrogens is 2. The van der Waals surface area contributed by atoms with Crippen molar-refractivity contribution in [1.29, 1.82) is 0 Å². The number of thiazole rings is 1. The first kappa shape index (κ1) is 21.4. The molecule has 0 saturated heterocycles. The summed E-state index contributed by atoms with van der Waals surface area (Å²) in [5.74, 6) is 0.343. The molecule has 3 aromatic carbocycles. The van der Waals surface area contributed by atoms with E-state index in [1.54, 1.807) is 12.1 Å². The van der Waals surface area contributed by atoms with Gasteiger partial charge in [0.05, 0.1) is 11.1 Å². The number of fused-ring (bicyclic) bond motifs is 1. The summed E-state index contributed by atoms with van der Waals surface area (Å²) in [5.41, 5.74) is 4.15. The van der Waals surface area contributed by atoms with Crippen molar-refractivity contribution in [3.05, 3.63) is 125 Å². The third-order valence-electron chi connectivity index (χ3n) is 6.12. The molecule has 0 fully saturated rings. The Hall–Kier alpha value is -4.16. The second-order valence-electron chi connectivity index (χ2n) is 8.40. The highest BCUT2D eigenvalue weighted by Crippen LogP contribution is 2.45. The monoisotopic (exact) mass is 478 g/mol. The summed E-state index contributed by atoms with van der Waals surface area (Å²) in [6.45, 7) is 0.522. The lowest BCUT2D eigenvalue weighted by molar-refractivity contribution is 0.112. The Morgan fingerprint density at radius 2 is 1.71 bits per heavy atom. The summed E-state index contributed by atoms with van der Waals surface area (Å²) >= 11 is 1.34. The fraction of sp³-hybridized carbons (Fsp3) is 0.0690. The Balaban J connectivity index is 1.25. The molecule has 0 aliphatic heterocycles. The maximum atomic E-state index is 14.5. The van der Waals surface area contributed by atoms with Crippen LogP contribution in [-0.2, 0) is 12.0 Å². The summed E-state index contributed by atoms with van der Waals surface area (Å²) in [4.78, 5) is 21.1. The van der Waals surface area contributed by atoms with Gasteiger partial charge in [0.25, 0.3) is 0 Å². The molecule has 35 heavy (non-hydrogen) atoms. The molecule has 1 aliphatic carbocycles. The third kappa shape index (κ3) is 4.02. The number of rotatable bonds is 7. The first-order valence-corrected chi connectivity index (χ1v) is 12.0. The van der Waals surface area contributed by atoms with E-state index in [0.29, 0.717) is 34.5 Å². The van der Waals surface area contributed by atoms with Crippen LogP contribution < -0.4 is 4.74 Å². The molecule has 0 atom stereocenters. The van der Waals surface area contributed by atoms with Crippen molar-refractivity contribution >= 4 is 28.0 Å². The average molecular weight is 479 g/mol. The van der Waals surface area contributed by atoms with Crippen molar-refractivity contribution in [2.45, 2.75) is 12.0 Å². The van der Waals surface area contributed by atoms with E-state index in [4.69, 9.17) is 9.72 Å². The summed E-state index contributed by atoms with van der Waals surface area (Å²) in [6, 6.07) is 26.5. The van der Waals surface area contributed by atoms with Gasteiger partial charge in [-0.3, -0.25) is 4.79 Å². The van der Waals surface area contributed by atoms with Gasteiger partial charge in [-0.2, -0.15) is 0 Å². The summed E-state index contributed by atoms with van der Waals surface area (Å²) in [6.07, 6.45) is 4.88. The first-order valence-electron chi connectivity index (χ1n) is 11.2. The van der Waals surface area contributed by atoms with Crippen molar-refractivity contribution in [1.82, 2.24) is 9.97 Å². The zero-order valence-corrected chi connectivity index (χ0v) is 19.3. The number of carbonyl (C=O) groups is 1. The predicted molar refractivity (Wildman–Crippen MR) is 135 cm³/mol. The van der Waals surface area contributed by atoms with Gasteiger partial charge in [0, 0.05) is 11.1 Å². The summed E-state index contributed by atoms with van der Waals surface area (Å²) < 4.78 is 20.4. The fourth-order valence-electron chi connectivity index (χ4n) is 4.10. The van der Waals surface area contributed by atoms with Crippen LogP contribution in [0.15, 0.2) is 97.1 Å². The third-order valence-corrected chi connectivity index (χ3v) is 7.12. The van der Waals surface area contributed by atoms with Crippen LogP contribution in [-0.4, -0.2) is 16.3 Å². The Labute approximate surface area is 205 Å². The molecule has 2 heterocycles. The number of pyridine rings is 1. The highest BCUT2D eigenvalue weighted by atomic mass is 32.1. The Kier molecular flexibility index (Phi) is 5.23. The maximum absolute atomic E-state index is 14.5. The van der Waals surface area contributed by atoms with Gasteiger partial charge in [0.1, 0.15) is 39.8 Å². The van der Waals surface area contributed by atoms with Crippen LogP contribution >= 0.6 is 11.3 Å². The first-order chi connectivity index (χ1) is 17.1. The molecule has 6 heteroatoms. The number of carbonyl (C=O) groups excluding carboxylic acids is 1. The lowest BCUT2D eigenvalue weighted by atomic mass is 9.89. The van der Waals surface area contributed by atoms with Gasteiger partial charge in [-0.25, -0.2) is 14.4 Å². The molecule has 1 aliphatic rings. The van der Waals surface area contributed by atoms with Crippen LogP contribution in [0.25, 0.3) is 20.9 Å². The van der Waals surface area contributed by atoms with Gasteiger partial charge in [-0.1, -0.05) is 72.0 Å². The van der Waals surface area contributed by atoms with Crippen molar-refractivity contribution in [3.8, 4) is 16.3 Å². The molecule has 0 spiro atoms. The van der Waals surface area contributed by atoms with Crippen molar-refractivity contribution in [2.24, 2.45) is 0 Å². The number of ether oxygens (including phenoxy) is 1. The topological polar surface area (TPSA) is 52.1 Å². The smallest absolute Gasteiger partial charge is 0.150 e. The van der Waals surface area contributed by atoms with E-state index in [9.17, 15) is 9.18 Å². The molecule has 0 amide bonds. The molecular weight excluding hydrogens is 459 g/mol. The molecule has 6 rings (SSSR count). The molecule has 0 unspecified atom stereocenters. The molecule has 2 aromatic heterocycles. The van der Waals surface area contributed by atoms with Gasteiger partial charge >= 0.3 is 0 Å². The quantitative estimate of drug-likeness (QED) is 0.192. The van der Waals surface area contributed by atoms with Gasteiger partial charge in [-0.05, 0) is 47.5 Å². The lowest BCUT2D eigenvalue weighted by Crippen LogP contribution is -2.12. The van der Waals surface area contributed by atoms with Crippen LogP contribution in [0, 0.1) is 5.82 Å². The highest BCUT2D eigenvalue weighted by Gasteiger charge is 2.39. The fourth-order valence-corrected chi connectivity index (χ4v) is 5.07. The lowest BCUT2D eigenvalue weighted by Gasteiger charge is -2.17. The van der Waals surface area contributed by atoms with Crippen LogP contribution in [0.4, 0.5) is 4.39 Å². The zero-order valence-electron chi connectivity index (χ0n) is 18.5. The Morgan fingerprint density at radius 3 is 2.43 bits per heavy atom. The molecule has 0 N–H and O–H groups in total. The van der Waals surface area contributed by atoms with Gasteiger partial charge < -0.3 is 4.74 Å². The van der Waals surface area contributed by atoms with E-state index >= 15 is 0 Å². The standard InChI is InChI=1S/C29H19FN2O2S/c30-24-16-20(17-33)6-11-23(24)27-31-25-12-13-26(32-28(25)35-27)29(14-15-29)21-7-9-22(10-8-21)34-18-19-4-2-1-3-5-19/h1-17H,18H2. The number of benzene rings is 3. The average Bonchev–Trinajstić information content (AvgIpc) is 3.60. The highest BCUT2D eigenvalue weighted by molar-refractivity contribution is 7.21. The number of aldehydes is 1. The second-order valence-corrected chi connectivity index (χ2v) is 9.38. The van der Waals surface area contributed by atoms with E-state index in [1.807, 2.05) is 54.6 Å². The molecule has 0 saturated carbocycles. The van der Waals surface area contributed by atoms with E-state index in [-0.39, 0.29) is 5.41 Å². The van der Waals surface area contributed by atoms with Gasteiger partial charge in [-0.15, -0.1) is 0 Å². The predicted octanol–water partition coefficient (Wildman–Crippen LogP) is 6.74. The minimum absolute atomic E-state index is 0.297. The van der Waals surface area contributed by atoms with Crippen LogP contribution in [0.5, 0.6) is 5.75 Å². The number of nitrogens with zero attached hydrogens (tertiary/aromatic N) is 2. The number of halogens is 1. The SMILES string of the molecule is O=Cc1ccc(-c2nc3ccc(C4(c5ccc(OCc6ccccc6)cc5)C=C4)nc3s2)c(F)c1. The zero-order chi connectivity index (χ0) is 23.8. The van der Waals surface area contributed by atoms with Gasteiger partial charge in [0.2, 0.25) is 0 Å². The molecule has 170 valence electrons. The number of allylic oxidation sites excluding steroid dienone is 2. The number of hydrogen-bond acceptors (Lipinski definition) is 5. The largest absolute Gasteiger partial charge is 0.489 e. The minimum Gasteiger partial charge on any atom is -0.489 e. The van der Waals surface area contributed by atoms with Crippen molar-refractivity contribution in [2.75, 3.05) is 0 Å². The van der Waals surface area contributed by atoms with Gasteiger partial charge in [0.15, 0.2) is 0 Å². The minimum atomic E-state index is -0.469. The van der Waals surface area contributed by atoms with E-state index in [2.05, 4.69) is 29.3 Å². The summed E-state index contributed by atoms with van der Waals surface area (Å²) in [7, 11) is 0. The van der Waals surface area contributed by atoms with Crippen molar-refractivity contribution < 1.29 is 13.9 Å². The van der Waals surface area contributed by atoms with Crippen LogP contribution in [0.1, 0.15) is 27.2 Å². The van der Waals surface area contributed by atoms with Crippen LogP contribution in [0.2, 0.25) is 0 Å². The molecule has 5 aromatic rings. The van der Waals surface area contributed by atoms with E-state index in [0.717, 1.165) is 27.4 Å². The summed E-state index contributed by atoms with van der Waals surface area (Å²) in [5, 5.41) is 0.539. The Morgan fingerprint density at radius 1 is 0.914 bits per heavy atom. The maximum Gasteiger partial charge on any atom is 0.150 e. The normalized spacial score (nSPS) is 13.6. The molecular formula is C29H19FN2O2S. The Bertz CT molecular complexity index is 1570. The molecule has 4 nitrogen and oxygen atoms in total. The van der Waals surface area contributed by atoms with E-state index < -0.39 is 5.82 Å². The van der Waals surface area contributed by atoms with E-state index in [1.165, 1.54) is 17.4 Å². The second kappa shape index (κ2) is 8.56. The van der Waals surface area contributed by atoms with Crippen molar-refractivity contribution in [3.63, 3.8) is 0 Å². The molecule has 0 radical (unpaired) electrons.